The van der Waals surface area contributed by atoms with Gasteiger partial charge >= 0.3 is 0 Å². The predicted molar refractivity (Wildman–Crippen MR) is 117 cm³/mol. The number of piperazine rings is 1. The molecule has 1 aromatic carbocycles. The Hall–Kier alpha value is -2.62. The van der Waals surface area contributed by atoms with E-state index in [1.807, 2.05) is 25.1 Å². The van der Waals surface area contributed by atoms with Crippen molar-refractivity contribution in [2.24, 2.45) is 0 Å². The fraction of sp³-hybridized carbons (Fsp3) is 0.300. The van der Waals surface area contributed by atoms with Crippen LogP contribution in [0.2, 0.25) is 0 Å². The van der Waals surface area contributed by atoms with Crippen LogP contribution < -0.4 is 10.5 Å². The van der Waals surface area contributed by atoms with Crippen molar-refractivity contribution in [3.05, 3.63) is 63.5 Å². The number of rotatable bonds is 4. The Morgan fingerprint density at radius 3 is 2.66 bits per heavy atom. The number of hydrogen-bond acceptors (Lipinski definition) is 8. The van der Waals surface area contributed by atoms with Crippen molar-refractivity contribution in [1.29, 1.82) is 0 Å². The van der Waals surface area contributed by atoms with Gasteiger partial charge in [-0.3, -0.25) is 9.69 Å². The van der Waals surface area contributed by atoms with E-state index in [0.29, 0.717) is 4.96 Å². The number of fused-ring (bicyclic) bond motifs is 1. The van der Waals surface area contributed by atoms with Crippen LogP contribution in [-0.2, 0) is 6.54 Å². The Morgan fingerprint density at radius 2 is 1.86 bits per heavy atom. The second-order valence-corrected chi connectivity index (χ2v) is 8.88. The maximum absolute atomic E-state index is 12.1. The third-order valence-corrected chi connectivity index (χ3v) is 6.87. The molecule has 0 N–H and O–H groups in total. The molecular weight excluding hydrogens is 404 g/mol. The van der Waals surface area contributed by atoms with Crippen LogP contribution in [0.15, 0.2) is 46.6 Å². The molecule has 0 spiro atoms. The first-order valence-corrected chi connectivity index (χ1v) is 11.2. The Bertz CT molecular complexity index is 1190. The highest BCUT2D eigenvalue weighted by Gasteiger charge is 2.21. The van der Waals surface area contributed by atoms with E-state index in [2.05, 4.69) is 37.4 Å². The van der Waals surface area contributed by atoms with Gasteiger partial charge in [0.05, 0.1) is 5.69 Å². The van der Waals surface area contributed by atoms with Crippen molar-refractivity contribution >= 4 is 32.8 Å². The lowest BCUT2D eigenvalue weighted by Gasteiger charge is -2.33. The van der Waals surface area contributed by atoms with Crippen molar-refractivity contribution in [2.75, 3.05) is 31.1 Å². The summed E-state index contributed by atoms with van der Waals surface area (Å²) in [5.41, 5.74) is 2.90. The second kappa shape index (κ2) is 7.66. The van der Waals surface area contributed by atoms with Gasteiger partial charge in [0.15, 0.2) is 0 Å². The molecule has 1 saturated heterocycles. The molecule has 0 unspecified atom stereocenters. The average molecular weight is 425 g/mol. The van der Waals surface area contributed by atoms with Gasteiger partial charge in [0.1, 0.15) is 5.01 Å². The van der Waals surface area contributed by atoms with Crippen LogP contribution in [0.4, 0.5) is 5.13 Å². The van der Waals surface area contributed by atoms with E-state index in [4.69, 9.17) is 4.98 Å². The molecule has 5 rings (SSSR count). The molecule has 1 fully saturated rings. The third-order valence-electron chi connectivity index (χ3n) is 4.96. The minimum absolute atomic E-state index is 0.119. The monoisotopic (exact) mass is 424 g/mol. The Labute approximate surface area is 175 Å². The minimum Gasteiger partial charge on any atom is -0.344 e. The molecule has 7 nitrogen and oxygen atoms in total. The molecule has 148 valence electrons. The fourth-order valence-electron chi connectivity index (χ4n) is 3.46. The molecule has 1 aliphatic heterocycles. The highest BCUT2D eigenvalue weighted by molar-refractivity contribution is 7.20. The van der Waals surface area contributed by atoms with E-state index in [0.717, 1.165) is 54.3 Å². The molecule has 1 aliphatic rings. The van der Waals surface area contributed by atoms with Crippen molar-refractivity contribution in [2.45, 2.75) is 13.5 Å². The number of anilines is 1. The van der Waals surface area contributed by atoms with Crippen LogP contribution in [0.3, 0.4) is 0 Å². The zero-order valence-corrected chi connectivity index (χ0v) is 17.6. The van der Waals surface area contributed by atoms with Crippen LogP contribution in [0.5, 0.6) is 0 Å². The van der Waals surface area contributed by atoms with E-state index in [9.17, 15) is 4.79 Å². The first kappa shape index (κ1) is 18.4. The highest BCUT2D eigenvalue weighted by Crippen LogP contribution is 2.25. The number of thiazole rings is 1. The third kappa shape index (κ3) is 3.81. The summed E-state index contributed by atoms with van der Waals surface area (Å²) < 4.78 is 1.40. The van der Waals surface area contributed by atoms with Crippen LogP contribution in [0.1, 0.15) is 11.4 Å². The summed E-state index contributed by atoms with van der Waals surface area (Å²) in [6.45, 7) is 6.33. The van der Waals surface area contributed by atoms with Crippen LogP contribution in [-0.4, -0.2) is 50.7 Å². The molecule has 0 saturated carbocycles. The van der Waals surface area contributed by atoms with Crippen molar-refractivity contribution in [1.82, 2.24) is 24.5 Å². The molecule has 0 amide bonds. The van der Waals surface area contributed by atoms with E-state index in [1.54, 1.807) is 11.3 Å². The van der Waals surface area contributed by atoms with Gasteiger partial charge in [0, 0.05) is 55.4 Å². The second-order valence-electron chi connectivity index (χ2n) is 7.09. The van der Waals surface area contributed by atoms with Crippen molar-refractivity contribution < 1.29 is 0 Å². The van der Waals surface area contributed by atoms with Crippen LogP contribution in [0.25, 0.3) is 15.5 Å². The smallest absolute Gasteiger partial charge is 0.275 e. The first-order chi connectivity index (χ1) is 14.2. The van der Waals surface area contributed by atoms with E-state index < -0.39 is 0 Å². The largest absolute Gasteiger partial charge is 0.344 e. The SMILES string of the molecule is Cc1cc(=O)n2nc(N3CCN(Cc4csc(-c5ccccc5)n4)CC3)sc2n1. The summed E-state index contributed by atoms with van der Waals surface area (Å²) in [5, 5.41) is 8.57. The van der Waals surface area contributed by atoms with E-state index >= 15 is 0 Å². The molecule has 0 aliphatic carbocycles. The Kier molecular flexibility index (Phi) is 4.86. The Balaban J connectivity index is 1.24. The number of aryl methyl sites for hydroxylation is 1. The summed E-state index contributed by atoms with van der Waals surface area (Å²) in [7, 11) is 0. The predicted octanol–water partition coefficient (Wildman–Crippen LogP) is 2.91. The molecule has 0 bridgehead atoms. The molecule has 9 heteroatoms. The van der Waals surface area contributed by atoms with Crippen molar-refractivity contribution in [3.8, 4) is 10.6 Å². The quantitative estimate of drug-likeness (QED) is 0.502. The standard InChI is InChI=1S/C20H20N6OS2/c1-14-11-17(27)26-19(21-14)29-20(23-26)25-9-7-24(8-10-25)12-16-13-28-18(22-16)15-5-3-2-4-6-15/h2-6,11,13H,7-10,12H2,1H3. The van der Waals surface area contributed by atoms with Gasteiger partial charge in [-0.25, -0.2) is 9.97 Å². The highest BCUT2D eigenvalue weighted by atomic mass is 32.1. The minimum atomic E-state index is -0.119. The lowest BCUT2D eigenvalue weighted by atomic mass is 10.2. The average Bonchev–Trinajstić information content (AvgIpc) is 3.37. The van der Waals surface area contributed by atoms with E-state index in [1.165, 1.54) is 27.5 Å². The summed E-state index contributed by atoms with van der Waals surface area (Å²) >= 11 is 3.17. The van der Waals surface area contributed by atoms with Crippen LogP contribution >= 0.6 is 22.7 Å². The summed E-state index contributed by atoms with van der Waals surface area (Å²) in [6, 6.07) is 11.8. The zero-order chi connectivity index (χ0) is 19.8. The van der Waals surface area contributed by atoms with Crippen molar-refractivity contribution in [3.63, 3.8) is 0 Å². The topological polar surface area (TPSA) is 66.6 Å². The number of aromatic nitrogens is 4. The summed E-state index contributed by atoms with van der Waals surface area (Å²) in [4.78, 5) is 26.6. The number of nitrogens with zero attached hydrogens (tertiary/aromatic N) is 6. The lowest BCUT2D eigenvalue weighted by Crippen LogP contribution is -2.46. The summed E-state index contributed by atoms with van der Waals surface area (Å²) in [6.07, 6.45) is 0. The maximum Gasteiger partial charge on any atom is 0.275 e. The molecule has 29 heavy (non-hydrogen) atoms. The van der Waals surface area contributed by atoms with E-state index in [-0.39, 0.29) is 5.56 Å². The summed E-state index contributed by atoms with van der Waals surface area (Å²) in [5.74, 6) is 0. The fourth-order valence-corrected chi connectivity index (χ4v) is 5.28. The molecule has 0 radical (unpaired) electrons. The van der Waals surface area contributed by atoms with Gasteiger partial charge in [0.2, 0.25) is 10.1 Å². The maximum atomic E-state index is 12.1. The molecule has 3 aromatic heterocycles. The number of hydrogen-bond donors (Lipinski definition) is 0. The first-order valence-electron chi connectivity index (χ1n) is 9.50. The van der Waals surface area contributed by atoms with Gasteiger partial charge in [-0.15, -0.1) is 16.4 Å². The van der Waals surface area contributed by atoms with Gasteiger partial charge in [0.25, 0.3) is 5.56 Å². The van der Waals surface area contributed by atoms with Gasteiger partial charge in [-0.05, 0) is 6.92 Å². The molecular formula is C20H20N6OS2. The molecule has 4 heterocycles. The van der Waals surface area contributed by atoms with Gasteiger partial charge in [-0.2, -0.15) is 4.52 Å². The zero-order valence-electron chi connectivity index (χ0n) is 16.0. The number of benzene rings is 1. The van der Waals surface area contributed by atoms with Crippen LogP contribution in [0, 0.1) is 6.92 Å². The lowest BCUT2D eigenvalue weighted by molar-refractivity contribution is 0.247. The molecule has 0 atom stereocenters. The van der Waals surface area contributed by atoms with Gasteiger partial charge in [-0.1, -0.05) is 41.7 Å². The molecule has 4 aromatic rings. The van der Waals surface area contributed by atoms with Gasteiger partial charge < -0.3 is 4.90 Å². The normalized spacial score (nSPS) is 15.3. The Morgan fingerprint density at radius 1 is 1.07 bits per heavy atom.